The van der Waals surface area contributed by atoms with Crippen LogP contribution in [0.5, 0.6) is 0 Å². The Bertz CT molecular complexity index is 968. The van der Waals surface area contributed by atoms with Crippen LogP contribution in [-0.4, -0.2) is 48.4 Å². The lowest BCUT2D eigenvalue weighted by atomic mass is 10.1. The molecule has 1 heterocycles. The number of rotatable bonds is 7. The second-order valence-electron chi connectivity index (χ2n) is 7.66. The summed E-state index contributed by atoms with van der Waals surface area (Å²) in [5.41, 5.74) is 2.29. The molecule has 0 aliphatic carbocycles. The fourth-order valence-electron chi connectivity index (χ4n) is 3.74. The molecule has 3 aromatic rings. The lowest BCUT2D eigenvalue weighted by Crippen LogP contribution is -2.49. The minimum absolute atomic E-state index is 0.208. The van der Waals surface area contributed by atoms with Gasteiger partial charge in [0.05, 0.1) is 0 Å². The van der Waals surface area contributed by atoms with Gasteiger partial charge in [-0.05, 0) is 23.3 Å². The average molecular weight is 429 g/mol. The second-order valence-corrected chi connectivity index (χ2v) is 8.84. The number of piperazine rings is 1. The van der Waals surface area contributed by atoms with Crippen LogP contribution in [0.15, 0.2) is 102 Å². The van der Waals surface area contributed by atoms with E-state index in [9.17, 15) is 4.79 Å². The van der Waals surface area contributed by atoms with Crippen molar-refractivity contribution in [1.82, 2.24) is 9.80 Å². The molecule has 31 heavy (non-hydrogen) atoms. The van der Waals surface area contributed by atoms with Gasteiger partial charge in [-0.1, -0.05) is 91.0 Å². The Labute approximate surface area is 189 Å². The van der Waals surface area contributed by atoms with E-state index in [0.29, 0.717) is 0 Å². The number of hydrogen-bond donors (Lipinski definition) is 0. The molecule has 0 bridgehead atoms. The van der Waals surface area contributed by atoms with Crippen molar-refractivity contribution in [3.8, 4) is 0 Å². The van der Waals surface area contributed by atoms with Crippen molar-refractivity contribution >= 4 is 23.7 Å². The molecule has 1 fully saturated rings. The van der Waals surface area contributed by atoms with Crippen molar-refractivity contribution in [2.75, 3.05) is 32.7 Å². The standard InChI is InChI=1S/C27H28N2OS/c30-27(26(24-14-6-2-7-15-24)31-25-16-8-3-9-17-25)29-21-19-28(20-22-29)18-10-13-23-11-4-1-5-12-23/h1-17,26H,18-22H2/b13-10+. The van der Waals surface area contributed by atoms with Crippen LogP contribution in [0.4, 0.5) is 0 Å². The molecular formula is C27H28N2OS. The smallest absolute Gasteiger partial charge is 0.240 e. The van der Waals surface area contributed by atoms with E-state index in [1.165, 1.54) is 5.56 Å². The zero-order valence-corrected chi connectivity index (χ0v) is 18.5. The molecule has 1 saturated heterocycles. The summed E-state index contributed by atoms with van der Waals surface area (Å²) < 4.78 is 0. The topological polar surface area (TPSA) is 23.6 Å². The maximum atomic E-state index is 13.5. The second kappa shape index (κ2) is 11.0. The summed E-state index contributed by atoms with van der Waals surface area (Å²) in [7, 11) is 0. The fraction of sp³-hybridized carbons (Fsp3) is 0.222. The minimum Gasteiger partial charge on any atom is -0.339 e. The molecule has 4 heteroatoms. The van der Waals surface area contributed by atoms with Crippen LogP contribution in [0.3, 0.4) is 0 Å². The Balaban J connectivity index is 1.36. The fourth-order valence-corrected chi connectivity index (χ4v) is 4.87. The molecule has 0 N–H and O–H groups in total. The van der Waals surface area contributed by atoms with Gasteiger partial charge in [0.2, 0.25) is 5.91 Å². The zero-order chi connectivity index (χ0) is 21.3. The molecule has 0 aromatic heterocycles. The highest BCUT2D eigenvalue weighted by Gasteiger charge is 2.29. The van der Waals surface area contributed by atoms with Crippen molar-refractivity contribution in [3.63, 3.8) is 0 Å². The molecule has 3 aromatic carbocycles. The van der Waals surface area contributed by atoms with Gasteiger partial charge in [-0.2, -0.15) is 0 Å². The van der Waals surface area contributed by atoms with Crippen LogP contribution >= 0.6 is 11.8 Å². The maximum absolute atomic E-state index is 13.5. The largest absolute Gasteiger partial charge is 0.339 e. The third kappa shape index (κ3) is 6.09. The highest BCUT2D eigenvalue weighted by atomic mass is 32.2. The lowest BCUT2D eigenvalue weighted by molar-refractivity contribution is -0.132. The predicted molar refractivity (Wildman–Crippen MR) is 130 cm³/mol. The molecule has 1 amide bonds. The lowest BCUT2D eigenvalue weighted by Gasteiger charge is -2.36. The van der Waals surface area contributed by atoms with E-state index in [1.807, 2.05) is 47.4 Å². The van der Waals surface area contributed by atoms with Crippen LogP contribution < -0.4 is 0 Å². The van der Waals surface area contributed by atoms with Gasteiger partial charge in [0.1, 0.15) is 5.25 Å². The molecule has 0 saturated carbocycles. The first-order valence-electron chi connectivity index (χ1n) is 10.8. The van der Waals surface area contributed by atoms with E-state index in [-0.39, 0.29) is 11.2 Å². The van der Waals surface area contributed by atoms with E-state index < -0.39 is 0 Å². The van der Waals surface area contributed by atoms with Gasteiger partial charge in [0.15, 0.2) is 0 Å². The quantitative estimate of drug-likeness (QED) is 0.472. The summed E-state index contributed by atoms with van der Waals surface area (Å²) in [4.78, 5) is 19.0. The monoisotopic (exact) mass is 428 g/mol. The number of benzene rings is 3. The van der Waals surface area contributed by atoms with Gasteiger partial charge in [-0.15, -0.1) is 11.8 Å². The summed E-state index contributed by atoms with van der Waals surface area (Å²) in [5.74, 6) is 0.208. The van der Waals surface area contributed by atoms with Gasteiger partial charge >= 0.3 is 0 Å². The van der Waals surface area contributed by atoms with Gasteiger partial charge in [-0.25, -0.2) is 0 Å². The average Bonchev–Trinajstić information content (AvgIpc) is 2.84. The number of carbonyl (C=O) groups is 1. The molecule has 4 rings (SSSR count). The Kier molecular flexibility index (Phi) is 7.59. The van der Waals surface area contributed by atoms with E-state index in [1.54, 1.807) is 11.8 Å². The molecule has 1 unspecified atom stereocenters. The molecular weight excluding hydrogens is 400 g/mol. The molecule has 1 aliphatic rings. The molecule has 0 spiro atoms. The Morgan fingerprint density at radius 2 is 1.39 bits per heavy atom. The summed E-state index contributed by atoms with van der Waals surface area (Å²) in [6.07, 6.45) is 4.38. The van der Waals surface area contributed by atoms with E-state index in [0.717, 1.165) is 43.2 Å². The van der Waals surface area contributed by atoms with Crippen molar-refractivity contribution in [1.29, 1.82) is 0 Å². The first kappa shape index (κ1) is 21.4. The Morgan fingerprint density at radius 3 is 2.03 bits per heavy atom. The Morgan fingerprint density at radius 1 is 0.806 bits per heavy atom. The van der Waals surface area contributed by atoms with Gasteiger partial charge in [0, 0.05) is 37.6 Å². The van der Waals surface area contributed by atoms with Crippen LogP contribution in [-0.2, 0) is 4.79 Å². The van der Waals surface area contributed by atoms with Gasteiger partial charge < -0.3 is 4.90 Å². The van der Waals surface area contributed by atoms with Crippen molar-refractivity contribution in [2.45, 2.75) is 10.1 Å². The normalized spacial score (nSPS) is 15.8. The Hall–Kier alpha value is -2.82. The third-order valence-electron chi connectivity index (χ3n) is 5.48. The SMILES string of the molecule is O=C(C(Sc1ccccc1)c1ccccc1)N1CCN(C/C=C/c2ccccc2)CC1. The molecule has 1 atom stereocenters. The maximum Gasteiger partial charge on any atom is 0.240 e. The number of thioether (sulfide) groups is 1. The first-order chi connectivity index (χ1) is 15.3. The number of amides is 1. The summed E-state index contributed by atoms with van der Waals surface area (Å²) in [6, 6.07) is 30.7. The number of hydrogen-bond acceptors (Lipinski definition) is 3. The highest BCUT2D eigenvalue weighted by molar-refractivity contribution is 8.00. The zero-order valence-electron chi connectivity index (χ0n) is 17.6. The summed E-state index contributed by atoms with van der Waals surface area (Å²) in [5, 5.41) is -0.215. The van der Waals surface area contributed by atoms with Gasteiger partial charge in [-0.3, -0.25) is 9.69 Å². The van der Waals surface area contributed by atoms with Crippen LogP contribution in [0.1, 0.15) is 16.4 Å². The molecule has 1 aliphatic heterocycles. The van der Waals surface area contributed by atoms with Crippen molar-refractivity contribution in [3.05, 3.63) is 108 Å². The summed E-state index contributed by atoms with van der Waals surface area (Å²) >= 11 is 1.64. The van der Waals surface area contributed by atoms with E-state index in [2.05, 4.69) is 65.6 Å². The van der Waals surface area contributed by atoms with Crippen molar-refractivity contribution < 1.29 is 4.79 Å². The van der Waals surface area contributed by atoms with Crippen molar-refractivity contribution in [2.24, 2.45) is 0 Å². The van der Waals surface area contributed by atoms with Crippen LogP contribution in [0.25, 0.3) is 6.08 Å². The molecule has 3 nitrogen and oxygen atoms in total. The highest BCUT2D eigenvalue weighted by Crippen LogP contribution is 2.36. The van der Waals surface area contributed by atoms with Crippen LogP contribution in [0, 0.1) is 0 Å². The summed E-state index contributed by atoms with van der Waals surface area (Å²) in [6.45, 7) is 4.27. The van der Waals surface area contributed by atoms with Gasteiger partial charge in [0.25, 0.3) is 0 Å². The third-order valence-corrected chi connectivity index (χ3v) is 6.74. The van der Waals surface area contributed by atoms with E-state index in [4.69, 9.17) is 0 Å². The minimum atomic E-state index is -0.215. The first-order valence-corrected chi connectivity index (χ1v) is 11.7. The van der Waals surface area contributed by atoms with E-state index >= 15 is 0 Å². The number of carbonyl (C=O) groups excluding carboxylic acids is 1. The predicted octanol–water partition coefficient (Wildman–Crippen LogP) is 5.38. The molecule has 0 radical (unpaired) electrons. The molecule has 158 valence electrons. The number of nitrogens with zero attached hydrogens (tertiary/aromatic N) is 2. The van der Waals surface area contributed by atoms with Crippen LogP contribution in [0.2, 0.25) is 0 Å².